The van der Waals surface area contributed by atoms with Crippen LogP contribution in [0.2, 0.25) is 0 Å². The van der Waals surface area contributed by atoms with Crippen molar-refractivity contribution in [3.8, 4) is 0 Å². The van der Waals surface area contributed by atoms with Gasteiger partial charge in [-0.25, -0.2) is 14.4 Å². The molecule has 2 aliphatic rings. The van der Waals surface area contributed by atoms with E-state index in [-0.39, 0.29) is 12.5 Å². The van der Waals surface area contributed by atoms with Gasteiger partial charge >= 0.3 is 17.6 Å². The first kappa shape index (κ1) is 23.3. The van der Waals surface area contributed by atoms with E-state index in [0.29, 0.717) is 25.2 Å². The van der Waals surface area contributed by atoms with Gasteiger partial charge in [-0.15, -0.1) is 0 Å². The highest BCUT2D eigenvalue weighted by molar-refractivity contribution is 6.61. The normalized spacial score (nSPS) is 17.0. The number of fused-ring (bicyclic) bond motifs is 1. The summed E-state index contributed by atoms with van der Waals surface area (Å²) >= 11 is 4.60. The first-order valence-electron chi connectivity index (χ1n) is 9.27. The zero-order valence-electron chi connectivity index (χ0n) is 17.0. The van der Waals surface area contributed by atoms with Crippen molar-refractivity contribution in [2.24, 2.45) is 0 Å². The predicted octanol–water partition coefficient (Wildman–Crippen LogP) is 2.66. The predicted molar refractivity (Wildman–Crippen MR) is 109 cm³/mol. The van der Waals surface area contributed by atoms with Gasteiger partial charge in [0.05, 0.1) is 33.7 Å². The van der Waals surface area contributed by atoms with Crippen LogP contribution in [0.4, 0.5) is 25.8 Å². The second-order valence-electron chi connectivity index (χ2n) is 6.47. The Kier molecular flexibility index (Phi) is 8.28. The van der Waals surface area contributed by atoms with E-state index in [1.807, 2.05) is 25.1 Å². The van der Waals surface area contributed by atoms with Crippen LogP contribution in [0, 0.1) is 0 Å². The number of nitrogens with one attached hydrogen (secondary N) is 1. The number of rotatable bonds is 5. The molecule has 1 aromatic carbocycles. The van der Waals surface area contributed by atoms with Crippen LogP contribution < -0.4 is 15.1 Å². The average Bonchev–Trinajstić information content (AvgIpc) is 3.25. The molecule has 2 heterocycles. The summed E-state index contributed by atoms with van der Waals surface area (Å²) in [5, 5.41) is 2.52. The van der Waals surface area contributed by atoms with Crippen LogP contribution in [0.15, 0.2) is 18.2 Å². The van der Waals surface area contributed by atoms with Gasteiger partial charge in [0.1, 0.15) is 6.10 Å². The fraction of sp³-hybridized carbons (Fsp3) is 0.474. The highest BCUT2D eigenvalue weighted by Gasteiger charge is 2.34. The summed E-state index contributed by atoms with van der Waals surface area (Å²) in [6.07, 6.45) is -0.245. The highest BCUT2D eigenvalue weighted by Crippen LogP contribution is 2.33. The van der Waals surface area contributed by atoms with Gasteiger partial charge in [-0.1, -0.05) is 6.92 Å². The topological polar surface area (TPSA) is 114 Å². The Morgan fingerprint density at radius 2 is 1.97 bits per heavy atom. The van der Waals surface area contributed by atoms with Crippen molar-refractivity contribution in [1.82, 2.24) is 5.32 Å². The van der Waals surface area contributed by atoms with E-state index in [1.54, 1.807) is 4.90 Å². The third-order valence-electron chi connectivity index (χ3n) is 4.45. The Balaban J connectivity index is 0.000000575. The van der Waals surface area contributed by atoms with Crippen LogP contribution in [0.3, 0.4) is 0 Å². The monoisotopic (exact) mass is 441 g/mol. The molecule has 11 heteroatoms. The standard InChI is InChI=1S/C17H21N3O5.C2H3ClO2/c1-3-6-19-14-5-4-12(7-11(14)8-15(19)21)20-10-13(25-17(20)23)9-18-16(22)24-2;1-5-2(3)4/h4-5,7,13H,3,6,8-10H2,1-2H3,(H,18,22);1H3/t13-;/m0./s1. The Morgan fingerprint density at radius 1 is 1.27 bits per heavy atom. The van der Waals surface area contributed by atoms with E-state index in [9.17, 15) is 19.2 Å². The molecule has 0 aliphatic carbocycles. The molecule has 0 saturated carbocycles. The quantitative estimate of drug-likeness (QED) is 0.551. The molecule has 1 fully saturated rings. The number of halogens is 1. The average molecular weight is 442 g/mol. The fourth-order valence-electron chi connectivity index (χ4n) is 3.11. The summed E-state index contributed by atoms with van der Waals surface area (Å²) < 4.78 is 13.6. The van der Waals surface area contributed by atoms with Crippen molar-refractivity contribution in [1.29, 1.82) is 0 Å². The maximum Gasteiger partial charge on any atom is 0.414 e. The van der Waals surface area contributed by atoms with Crippen molar-refractivity contribution >= 4 is 46.5 Å². The summed E-state index contributed by atoms with van der Waals surface area (Å²) in [5.74, 6) is 0.0816. The molecule has 10 nitrogen and oxygen atoms in total. The molecule has 1 aromatic rings. The van der Waals surface area contributed by atoms with Crippen molar-refractivity contribution in [3.05, 3.63) is 23.8 Å². The molecule has 0 spiro atoms. The lowest BCUT2D eigenvalue weighted by molar-refractivity contribution is -0.117. The SMILES string of the molecule is CCCN1C(=O)Cc2cc(N3C[C@H](CNC(=O)OC)OC3=O)ccc21.COC(=O)Cl. The number of amides is 3. The van der Waals surface area contributed by atoms with Crippen LogP contribution in [0.25, 0.3) is 0 Å². The van der Waals surface area contributed by atoms with Crippen LogP contribution in [0.1, 0.15) is 18.9 Å². The van der Waals surface area contributed by atoms with Gasteiger partial charge in [-0.3, -0.25) is 9.69 Å². The molecular formula is C19H24ClN3O7. The van der Waals surface area contributed by atoms with Crippen LogP contribution in [-0.2, 0) is 25.4 Å². The van der Waals surface area contributed by atoms with Crippen molar-refractivity contribution in [2.75, 3.05) is 43.7 Å². The number of carbonyl (C=O) groups excluding carboxylic acids is 4. The molecular weight excluding hydrogens is 418 g/mol. The van der Waals surface area contributed by atoms with E-state index < -0.39 is 23.7 Å². The Labute approximate surface area is 179 Å². The summed E-state index contributed by atoms with van der Waals surface area (Å²) in [6.45, 7) is 3.23. The van der Waals surface area contributed by atoms with E-state index >= 15 is 0 Å². The molecule has 164 valence electrons. The van der Waals surface area contributed by atoms with Gasteiger partial charge < -0.3 is 24.4 Å². The number of hydrogen-bond donors (Lipinski definition) is 1. The molecule has 0 aromatic heterocycles. The Hall–Kier alpha value is -3.01. The molecule has 3 rings (SSSR count). The smallest absolute Gasteiger partial charge is 0.414 e. The number of carbonyl (C=O) groups is 4. The van der Waals surface area contributed by atoms with Crippen molar-refractivity contribution < 1.29 is 33.4 Å². The van der Waals surface area contributed by atoms with Crippen molar-refractivity contribution in [2.45, 2.75) is 25.9 Å². The van der Waals surface area contributed by atoms with Crippen molar-refractivity contribution in [3.63, 3.8) is 0 Å². The minimum absolute atomic E-state index is 0.0816. The third-order valence-corrected chi connectivity index (χ3v) is 4.60. The van der Waals surface area contributed by atoms with Crippen LogP contribution in [0.5, 0.6) is 0 Å². The summed E-state index contributed by atoms with van der Waals surface area (Å²) in [7, 11) is 2.49. The lowest BCUT2D eigenvalue weighted by Crippen LogP contribution is -2.34. The first-order chi connectivity index (χ1) is 14.3. The highest BCUT2D eigenvalue weighted by atomic mass is 35.5. The van der Waals surface area contributed by atoms with E-state index in [1.165, 1.54) is 19.1 Å². The van der Waals surface area contributed by atoms with Gasteiger partial charge in [-0.2, -0.15) is 0 Å². The van der Waals surface area contributed by atoms with E-state index in [4.69, 9.17) is 4.74 Å². The maximum atomic E-state index is 12.1. The summed E-state index contributed by atoms with van der Waals surface area (Å²) in [4.78, 5) is 48.0. The molecule has 0 radical (unpaired) electrons. The largest absolute Gasteiger partial charge is 0.457 e. The molecule has 1 saturated heterocycles. The lowest BCUT2D eigenvalue weighted by atomic mass is 10.1. The molecule has 3 amide bonds. The summed E-state index contributed by atoms with van der Waals surface area (Å²) in [6, 6.07) is 5.55. The summed E-state index contributed by atoms with van der Waals surface area (Å²) in [5.41, 5.74) is 1.74. The van der Waals surface area contributed by atoms with Crippen LogP contribution >= 0.6 is 11.6 Å². The number of hydrogen-bond acceptors (Lipinski definition) is 7. The molecule has 0 bridgehead atoms. The number of nitrogens with zero attached hydrogens (tertiary/aromatic N) is 2. The molecule has 1 N–H and O–H groups in total. The van der Waals surface area contributed by atoms with E-state index in [2.05, 4.69) is 26.4 Å². The van der Waals surface area contributed by atoms with Crippen LogP contribution in [-0.4, -0.2) is 63.5 Å². The minimum Gasteiger partial charge on any atom is -0.457 e. The van der Waals surface area contributed by atoms with Gasteiger partial charge in [0.25, 0.3) is 0 Å². The Morgan fingerprint density at radius 3 is 2.57 bits per heavy atom. The zero-order valence-corrected chi connectivity index (χ0v) is 17.7. The number of anilines is 2. The third kappa shape index (κ3) is 5.76. The molecule has 1 atom stereocenters. The number of cyclic esters (lactones) is 1. The van der Waals surface area contributed by atoms with E-state index in [0.717, 1.165) is 17.7 Å². The lowest BCUT2D eigenvalue weighted by Gasteiger charge is -2.18. The first-order valence-corrected chi connectivity index (χ1v) is 9.65. The second-order valence-corrected chi connectivity index (χ2v) is 6.77. The number of ether oxygens (including phenoxy) is 3. The van der Waals surface area contributed by atoms with Gasteiger partial charge in [-0.05, 0) is 30.2 Å². The maximum absolute atomic E-state index is 12.1. The number of methoxy groups -OCH3 is 2. The number of benzene rings is 1. The number of alkyl carbamates (subject to hydrolysis) is 1. The molecule has 0 unspecified atom stereocenters. The second kappa shape index (κ2) is 10.7. The minimum atomic E-state index is -0.773. The molecule has 30 heavy (non-hydrogen) atoms. The van der Waals surface area contributed by atoms with Gasteiger partial charge in [0, 0.05) is 29.5 Å². The van der Waals surface area contributed by atoms with Gasteiger partial charge in [0.15, 0.2) is 0 Å². The zero-order chi connectivity index (χ0) is 22.3. The fourth-order valence-corrected chi connectivity index (χ4v) is 3.11. The van der Waals surface area contributed by atoms with Gasteiger partial charge in [0.2, 0.25) is 5.91 Å². The Bertz CT molecular complexity index is 817. The molecule has 2 aliphatic heterocycles.